The number of amides is 1. The maximum absolute atomic E-state index is 13.1. The van der Waals surface area contributed by atoms with Gasteiger partial charge in [-0.05, 0) is 74.3 Å². The standard InChI is InChI=1S/C25H35N3O4S/c1-18-12-23(32-6)13-19(2)25(18)33(30,31)27(5)11-7-8-24(29)28-16-21-10-9-20(15-26(3)4)14-22(21)17-28/h9-10,12-14H,7-8,11,15-17H2,1-6H3. The van der Waals surface area contributed by atoms with Gasteiger partial charge in [-0.25, -0.2) is 12.7 Å². The quantitative estimate of drug-likeness (QED) is 0.559. The molecule has 33 heavy (non-hydrogen) atoms. The molecular formula is C25H35N3O4S. The number of nitrogens with zero attached hydrogens (tertiary/aromatic N) is 3. The molecule has 180 valence electrons. The van der Waals surface area contributed by atoms with Gasteiger partial charge in [0.25, 0.3) is 0 Å². The number of fused-ring (bicyclic) bond motifs is 1. The molecule has 0 saturated carbocycles. The lowest BCUT2D eigenvalue weighted by Gasteiger charge is -2.21. The molecule has 0 unspecified atom stereocenters. The highest BCUT2D eigenvalue weighted by Gasteiger charge is 2.27. The maximum Gasteiger partial charge on any atom is 0.243 e. The van der Waals surface area contributed by atoms with Crippen molar-refractivity contribution in [2.24, 2.45) is 0 Å². The highest BCUT2D eigenvalue weighted by Crippen LogP contribution is 2.28. The molecule has 1 aliphatic rings. The van der Waals surface area contributed by atoms with Gasteiger partial charge in [0.05, 0.1) is 12.0 Å². The van der Waals surface area contributed by atoms with E-state index in [1.165, 1.54) is 21.0 Å². The van der Waals surface area contributed by atoms with E-state index >= 15 is 0 Å². The van der Waals surface area contributed by atoms with Crippen LogP contribution in [0, 0.1) is 13.8 Å². The van der Waals surface area contributed by atoms with Crippen molar-refractivity contribution in [3.05, 3.63) is 58.1 Å². The predicted octanol–water partition coefficient (Wildman–Crippen LogP) is 3.32. The molecule has 0 N–H and O–H groups in total. The third kappa shape index (κ3) is 5.75. The number of carbonyl (C=O) groups excluding carboxylic acids is 1. The summed E-state index contributed by atoms with van der Waals surface area (Å²) in [7, 11) is 3.56. The zero-order valence-electron chi connectivity index (χ0n) is 20.5. The van der Waals surface area contributed by atoms with Crippen LogP contribution in [0.15, 0.2) is 35.2 Å². The highest BCUT2D eigenvalue weighted by molar-refractivity contribution is 7.89. The molecule has 3 rings (SSSR count). The molecule has 0 aliphatic carbocycles. The van der Waals surface area contributed by atoms with Gasteiger partial charge in [-0.15, -0.1) is 0 Å². The number of methoxy groups -OCH3 is 1. The normalized spacial score (nSPS) is 13.6. The number of hydrogen-bond acceptors (Lipinski definition) is 5. The molecule has 7 nitrogen and oxygen atoms in total. The fourth-order valence-electron chi connectivity index (χ4n) is 4.41. The van der Waals surface area contributed by atoms with Gasteiger partial charge < -0.3 is 14.5 Å². The molecular weight excluding hydrogens is 438 g/mol. The molecule has 2 aromatic carbocycles. The molecule has 8 heteroatoms. The molecule has 0 aromatic heterocycles. The van der Waals surface area contributed by atoms with E-state index in [1.807, 2.05) is 19.0 Å². The van der Waals surface area contributed by atoms with Gasteiger partial charge in [0.1, 0.15) is 5.75 Å². The Morgan fingerprint density at radius 2 is 1.67 bits per heavy atom. The van der Waals surface area contributed by atoms with Gasteiger partial charge in [0.15, 0.2) is 0 Å². The number of aryl methyl sites for hydroxylation is 2. The summed E-state index contributed by atoms with van der Waals surface area (Å²) in [5.74, 6) is 0.695. The van der Waals surface area contributed by atoms with Crippen LogP contribution in [0.5, 0.6) is 5.75 Å². The lowest BCUT2D eigenvalue weighted by Crippen LogP contribution is -2.31. The van der Waals surface area contributed by atoms with E-state index in [2.05, 4.69) is 23.1 Å². The van der Waals surface area contributed by atoms with Gasteiger partial charge in [-0.2, -0.15) is 0 Å². The Bertz CT molecular complexity index is 1110. The van der Waals surface area contributed by atoms with E-state index < -0.39 is 10.0 Å². The Morgan fingerprint density at radius 1 is 1.03 bits per heavy atom. The van der Waals surface area contributed by atoms with Gasteiger partial charge in [0, 0.05) is 39.6 Å². The lowest BCUT2D eigenvalue weighted by atomic mass is 10.1. The van der Waals surface area contributed by atoms with Crippen LogP contribution in [0.2, 0.25) is 0 Å². The first kappa shape index (κ1) is 25.2. The summed E-state index contributed by atoms with van der Waals surface area (Å²) in [5.41, 5.74) is 4.93. The van der Waals surface area contributed by atoms with E-state index in [0.717, 1.165) is 6.54 Å². The van der Waals surface area contributed by atoms with Crippen molar-refractivity contribution in [3.63, 3.8) is 0 Å². The van der Waals surface area contributed by atoms with Crippen LogP contribution in [0.25, 0.3) is 0 Å². The molecule has 1 amide bonds. The maximum atomic E-state index is 13.1. The zero-order valence-corrected chi connectivity index (χ0v) is 21.3. The largest absolute Gasteiger partial charge is 0.497 e. The molecule has 0 fully saturated rings. The summed E-state index contributed by atoms with van der Waals surface area (Å²) >= 11 is 0. The Labute approximate surface area is 198 Å². The topological polar surface area (TPSA) is 70.2 Å². The molecule has 0 bridgehead atoms. The lowest BCUT2D eigenvalue weighted by molar-refractivity contribution is -0.131. The van der Waals surface area contributed by atoms with E-state index in [-0.39, 0.29) is 12.5 Å². The molecule has 1 aliphatic heterocycles. The summed E-state index contributed by atoms with van der Waals surface area (Å²) in [6, 6.07) is 9.87. The Morgan fingerprint density at radius 3 is 2.27 bits per heavy atom. The average molecular weight is 474 g/mol. The fraction of sp³-hybridized carbons (Fsp3) is 0.480. The average Bonchev–Trinajstić information content (AvgIpc) is 3.15. The van der Waals surface area contributed by atoms with Crippen LogP contribution in [0.3, 0.4) is 0 Å². The third-order valence-corrected chi connectivity index (χ3v) is 8.21. The smallest absolute Gasteiger partial charge is 0.243 e. The predicted molar refractivity (Wildman–Crippen MR) is 130 cm³/mol. The van der Waals surface area contributed by atoms with Crippen molar-refractivity contribution in [3.8, 4) is 5.75 Å². The zero-order chi connectivity index (χ0) is 24.3. The second-order valence-electron chi connectivity index (χ2n) is 9.11. The number of rotatable bonds is 9. The second kappa shape index (κ2) is 10.2. The van der Waals surface area contributed by atoms with Crippen molar-refractivity contribution < 1.29 is 17.9 Å². The SMILES string of the molecule is COc1cc(C)c(S(=O)(=O)N(C)CCCC(=O)N2Cc3ccc(CN(C)C)cc3C2)c(C)c1. The van der Waals surface area contributed by atoms with Crippen LogP contribution >= 0.6 is 0 Å². The molecule has 0 radical (unpaired) electrons. The van der Waals surface area contributed by atoms with Crippen molar-refractivity contribution in [2.45, 2.75) is 51.2 Å². The number of ether oxygens (including phenoxy) is 1. The second-order valence-corrected chi connectivity index (χ2v) is 11.1. The summed E-state index contributed by atoms with van der Waals surface area (Å²) in [5, 5.41) is 0. The van der Waals surface area contributed by atoms with E-state index in [4.69, 9.17) is 4.74 Å². The van der Waals surface area contributed by atoms with Crippen molar-refractivity contribution in [1.29, 1.82) is 0 Å². The summed E-state index contributed by atoms with van der Waals surface area (Å²) in [6.45, 7) is 5.94. The number of sulfonamides is 1. The minimum Gasteiger partial charge on any atom is -0.497 e. The monoisotopic (exact) mass is 473 g/mol. The first-order valence-corrected chi connectivity index (χ1v) is 12.6. The first-order valence-electron chi connectivity index (χ1n) is 11.2. The number of carbonyl (C=O) groups is 1. The van der Waals surface area contributed by atoms with Crippen LogP contribution in [0.4, 0.5) is 0 Å². The van der Waals surface area contributed by atoms with Gasteiger partial charge in [0.2, 0.25) is 15.9 Å². The molecule has 0 atom stereocenters. The molecule has 2 aromatic rings. The van der Waals surface area contributed by atoms with Gasteiger partial charge >= 0.3 is 0 Å². The molecule has 1 heterocycles. The minimum atomic E-state index is -3.65. The van der Waals surface area contributed by atoms with Crippen LogP contribution in [0.1, 0.15) is 40.7 Å². The van der Waals surface area contributed by atoms with Gasteiger partial charge in [-0.3, -0.25) is 4.79 Å². The summed E-state index contributed by atoms with van der Waals surface area (Å²) < 4.78 is 32.9. The molecule has 0 saturated heterocycles. The van der Waals surface area contributed by atoms with Crippen molar-refractivity contribution >= 4 is 15.9 Å². The van der Waals surface area contributed by atoms with E-state index in [1.54, 1.807) is 40.1 Å². The Balaban J connectivity index is 1.57. The Hall–Kier alpha value is -2.42. The van der Waals surface area contributed by atoms with E-state index in [9.17, 15) is 13.2 Å². The highest BCUT2D eigenvalue weighted by atomic mass is 32.2. The minimum absolute atomic E-state index is 0.0583. The Kier molecular flexibility index (Phi) is 7.82. The van der Waals surface area contributed by atoms with Crippen LogP contribution in [-0.2, 0) is 34.5 Å². The van der Waals surface area contributed by atoms with Crippen LogP contribution in [-0.4, -0.2) is 63.2 Å². The van der Waals surface area contributed by atoms with Crippen molar-refractivity contribution in [1.82, 2.24) is 14.1 Å². The van der Waals surface area contributed by atoms with Crippen molar-refractivity contribution in [2.75, 3.05) is 34.8 Å². The number of benzene rings is 2. The first-order chi connectivity index (χ1) is 15.5. The fourth-order valence-corrected chi connectivity index (χ4v) is 6.02. The summed E-state index contributed by atoms with van der Waals surface area (Å²) in [4.78, 5) is 17.1. The van der Waals surface area contributed by atoms with E-state index in [0.29, 0.717) is 47.7 Å². The summed E-state index contributed by atoms with van der Waals surface area (Å²) in [6.07, 6.45) is 0.792. The van der Waals surface area contributed by atoms with Gasteiger partial charge in [-0.1, -0.05) is 18.2 Å². The molecule has 0 spiro atoms. The third-order valence-electron chi connectivity index (χ3n) is 6.05. The van der Waals surface area contributed by atoms with Crippen LogP contribution < -0.4 is 4.74 Å². The number of hydrogen-bond donors (Lipinski definition) is 0.